The molecule has 23 heavy (non-hydrogen) atoms. The Bertz CT molecular complexity index is 738. The van der Waals surface area contributed by atoms with Crippen LogP contribution in [0.3, 0.4) is 0 Å². The van der Waals surface area contributed by atoms with Crippen LogP contribution in [0, 0.1) is 13.8 Å². The van der Waals surface area contributed by atoms with Gasteiger partial charge in [-0.3, -0.25) is 4.79 Å². The largest absolute Gasteiger partial charge is 0.378 e. The van der Waals surface area contributed by atoms with Crippen molar-refractivity contribution < 1.29 is 4.79 Å². The van der Waals surface area contributed by atoms with Crippen LogP contribution in [0.4, 0.5) is 11.4 Å². The van der Waals surface area contributed by atoms with Crippen molar-refractivity contribution in [2.75, 3.05) is 10.2 Å². The summed E-state index contributed by atoms with van der Waals surface area (Å²) < 4.78 is 0. The Morgan fingerprint density at radius 3 is 2.48 bits per heavy atom. The van der Waals surface area contributed by atoms with E-state index in [1.165, 1.54) is 11.1 Å². The Kier molecular flexibility index (Phi) is 4.12. The summed E-state index contributed by atoms with van der Waals surface area (Å²) in [4.78, 5) is 14.1. The number of nitrogens with zero attached hydrogens (tertiary/aromatic N) is 1. The second-order valence-electron chi connectivity index (χ2n) is 6.50. The predicted molar refractivity (Wildman–Crippen MR) is 96.0 cm³/mol. The number of hydrogen-bond acceptors (Lipinski definition) is 2. The lowest BCUT2D eigenvalue weighted by atomic mass is 9.89. The maximum absolute atomic E-state index is 12.1. The van der Waals surface area contributed by atoms with Crippen molar-refractivity contribution in [1.29, 1.82) is 0 Å². The molecule has 2 aromatic carbocycles. The van der Waals surface area contributed by atoms with Crippen LogP contribution in [-0.4, -0.2) is 11.9 Å². The van der Waals surface area contributed by atoms with Gasteiger partial charge in [-0.05, 0) is 49.9 Å². The molecule has 2 atom stereocenters. The van der Waals surface area contributed by atoms with Gasteiger partial charge in [-0.1, -0.05) is 36.4 Å². The Balaban J connectivity index is 2.04. The van der Waals surface area contributed by atoms with Gasteiger partial charge in [-0.2, -0.15) is 0 Å². The molecule has 3 nitrogen and oxygen atoms in total. The van der Waals surface area contributed by atoms with Crippen LogP contribution in [-0.2, 0) is 4.79 Å². The quantitative estimate of drug-likeness (QED) is 0.879. The molecule has 0 aromatic heterocycles. The number of nitrogens with one attached hydrogen (secondary N) is 1. The molecule has 0 saturated carbocycles. The average Bonchev–Trinajstić information content (AvgIpc) is 2.50. The van der Waals surface area contributed by atoms with Crippen LogP contribution < -0.4 is 10.2 Å². The van der Waals surface area contributed by atoms with E-state index in [1.807, 2.05) is 4.90 Å². The molecule has 0 unspecified atom stereocenters. The fourth-order valence-electron chi connectivity index (χ4n) is 3.61. The highest BCUT2D eigenvalue weighted by Crippen LogP contribution is 2.41. The molecule has 0 fully saturated rings. The van der Waals surface area contributed by atoms with Crippen LogP contribution in [0.1, 0.15) is 43.0 Å². The molecule has 0 spiro atoms. The fraction of sp³-hybridized carbons (Fsp3) is 0.350. The first-order valence-corrected chi connectivity index (χ1v) is 8.20. The second kappa shape index (κ2) is 6.07. The molecule has 1 aliphatic heterocycles. The molecule has 0 saturated heterocycles. The number of aryl methyl sites for hydroxylation is 2. The number of rotatable bonds is 2. The fourth-order valence-corrected chi connectivity index (χ4v) is 3.61. The summed E-state index contributed by atoms with van der Waals surface area (Å²) in [5, 5.41) is 3.68. The average molecular weight is 308 g/mol. The van der Waals surface area contributed by atoms with Crippen LogP contribution in [0.5, 0.6) is 0 Å². The van der Waals surface area contributed by atoms with Gasteiger partial charge in [0.1, 0.15) is 0 Å². The van der Waals surface area contributed by atoms with E-state index in [2.05, 4.69) is 68.6 Å². The zero-order chi connectivity index (χ0) is 16.6. The number of hydrogen-bond donors (Lipinski definition) is 1. The summed E-state index contributed by atoms with van der Waals surface area (Å²) in [5.74, 6) is 0.113. The first-order valence-electron chi connectivity index (χ1n) is 8.20. The lowest BCUT2D eigenvalue weighted by Crippen LogP contribution is -2.43. The highest BCUT2D eigenvalue weighted by molar-refractivity contribution is 5.94. The van der Waals surface area contributed by atoms with E-state index in [4.69, 9.17) is 0 Å². The summed E-state index contributed by atoms with van der Waals surface area (Å²) in [7, 11) is 0. The zero-order valence-electron chi connectivity index (χ0n) is 14.3. The number of anilines is 2. The molecule has 120 valence electrons. The Labute approximate surface area is 138 Å². The first-order chi connectivity index (χ1) is 11.0. The van der Waals surface area contributed by atoms with Crippen LogP contribution in [0.25, 0.3) is 0 Å². The van der Waals surface area contributed by atoms with Gasteiger partial charge in [0, 0.05) is 18.7 Å². The number of carbonyl (C=O) groups excluding carboxylic acids is 1. The van der Waals surface area contributed by atoms with Crippen molar-refractivity contribution in [2.45, 2.75) is 46.2 Å². The van der Waals surface area contributed by atoms with Gasteiger partial charge in [0.25, 0.3) is 0 Å². The molecular weight excluding hydrogens is 284 g/mol. The first kappa shape index (κ1) is 15.6. The molecule has 0 bridgehead atoms. The van der Waals surface area contributed by atoms with Gasteiger partial charge in [-0.15, -0.1) is 0 Å². The minimum absolute atomic E-state index is 0.113. The molecule has 1 heterocycles. The lowest BCUT2D eigenvalue weighted by molar-refractivity contribution is -0.117. The Hall–Kier alpha value is -2.29. The molecule has 1 amide bonds. The van der Waals surface area contributed by atoms with E-state index in [-0.39, 0.29) is 18.0 Å². The van der Waals surface area contributed by atoms with Crippen molar-refractivity contribution in [2.24, 2.45) is 0 Å². The minimum atomic E-state index is 0.113. The maximum Gasteiger partial charge on any atom is 0.224 e. The smallest absolute Gasteiger partial charge is 0.224 e. The van der Waals surface area contributed by atoms with Gasteiger partial charge in [0.2, 0.25) is 5.91 Å². The van der Waals surface area contributed by atoms with Gasteiger partial charge < -0.3 is 10.2 Å². The van der Waals surface area contributed by atoms with Gasteiger partial charge in [0.15, 0.2) is 0 Å². The molecule has 0 radical (unpaired) electrons. The third kappa shape index (κ3) is 2.83. The summed E-state index contributed by atoms with van der Waals surface area (Å²) in [5.41, 5.74) is 5.84. The van der Waals surface area contributed by atoms with Gasteiger partial charge in [-0.25, -0.2) is 0 Å². The zero-order valence-corrected chi connectivity index (χ0v) is 14.3. The number of amides is 1. The van der Waals surface area contributed by atoms with Crippen LogP contribution in [0.2, 0.25) is 0 Å². The molecule has 0 aliphatic carbocycles. The summed E-state index contributed by atoms with van der Waals surface area (Å²) in [6, 6.07) is 15.0. The Morgan fingerprint density at radius 2 is 1.78 bits per heavy atom. The Morgan fingerprint density at radius 1 is 1.09 bits per heavy atom. The van der Waals surface area contributed by atoms with Gasteiger partial charge >= 0.3 is 0 Å². The van der Waals surface area contributed by atoms with E-state index in [1.54, 1.807) is 6.92 Å². The SMILES string of the molecule is CC(=O)N1c2c(C)cccc2[C@@H](Nc2ccccc2C)C[C@H]1C. The number of benzene rings is 2. The summed E-state index contributed by atoms with van der Waals surface area (Å²) in [6.45, 7) is 7.98. The summed E-state index contributed by atoms with van der Waals surface area (Å²) in [6.07, 6.45) is 0.907. The van der Waals surface area contributed by atoms with E-state index < -0.39 is 0 Å². The highest BCUT2D eigenvalue weighted by atomic mass is 16.2. The standard InChI is InChI=1S/C20H24N2O/c1-13-8-5-6-11-18(13)21-19-12-15(3)22(16(4)23)20-14(2)9-7-10-17(19)20/h5-11,15,19,21H,12H2,1-4H3/t15-,19+/m1/s1. The highest BCUT2D eigenvalue weighted by Gasteiger charge is 2.33. The number of fused-ring (bicyclic) bond motifs is 1. The number of para-hydroxylation sites is 2. The van der Waals surface area contributed by atoms with Crippen molar-refractivity contribution in [1.82, 2.24) is 0 Å². The minimum Gasteiger partial charge on any atom is -0.378 e. The lowest BCUT2D eigenvalue weighted by Gasteiger charge is -2.40. The molecular formula is C20H24N2O. The topological polar surface area (TPSA) is 32.3 Å². The van der Waals surface area contributed by atoms with E-state index in [9.17, 15) is 4.79 Å². The third-order valence-electron chi connectivity index (χ3n) is 4.72. The third-order valence-corrected chi connectivity index (χ3v) is 4.72. The summed E-state index contributed by atoms with van der Waals surface area (Å²) >= 11 is 0. The van der Waals surface area contributed by atoms with Crippen molar-refractivity contribution in [3.8, 4) is 0 Å². The van der Waals surface area contributed by atoms with E-state index in [0.717, 1.165) is 23.4 Å². The van der Waals surface area contributed by atoms with Crippen LogP contribution >= 0.6 is 0 Å². The van der Waals surface area contributed by atoms with Crippen molar-refractivity contribution in [3.05, 3.63) is 59.2 Å². The molecule has 2 aromatic rings. The van der Waals surface area contributed by atoms with E-state index >= 15 is 0 Å². The van der Waals surface area contributed by atoms with Crippen molar-refractivity contribution >= 4 is 17.3 Å². The second-order valence-corrected chi connectivity index (χ2v) is 6.50. The molecule has 1 aliphatic rings. The normalized spacial score (nSPS) is 20.1. The predicted octanol–water partition coefficient (Wildman–Crippen LogP) is 4.60. The van der Waals surface area contributed by atoms with Gasteiger partial charge in [0.05, 0.1) is 11.7 Å². The van der Waals surface area contributed by atoms with E-state index in [0.29, 0.717) is 0 Å². The number of carbonyl (C=O) groups is 1. The molecule has 3 heteroatoms. The monoisotopic (exact) mass is 308 g/mol. The van der Waals surface area contributed by atoms with Crippen LogP contribution in [0.15, 0.2) is 42.5 Å². The molecule has 3 rings (SSSR count). The maximum atomic E-state index is 12.1. The molecule has 1 N–H and O–H groups in total. The van der Waals surface area contributed by atoms with Crippen molar-refractivity contribution in [3.63, 3.8) is 0 Å².